The second-order valence-corrected chi connectivity index (χ2v) is 9.33. The van der Waals surface area contributed by atoms with Gasteiger partial charge in [0.05, 0.1) is 5.69 Å². The third kappa shape index (κ3) is 4.17. The summed E-state index contributed by atoms with van der Waals surface area (Å²) in [6, 6.07) is 17.7. The van der Waals surface area contributed by atoms with Crippen LogP contribution in [0.15, 0.2) is 64.5 Å². The minimum absolute atomic E-state index is 0.0752. The van der Waals surface area contributed by atoms with Gasteiger partial charge < -0.3 is 10.3 Å². The normalized spacial score (nSPS) is 14.8. The predicted octanol–water partition coefficient (Wildman–Crippen LogP) is 4.80. The molecule has 4 aromatic rings. The molecule has 2 aromatic heterocycles. The molecule has 32 heavy (non-hydrogen) atoms. The number of nitrogens with zero attached hydrogens (tertiary/aromatic N) is 2. The van der Waals surface area contributed by atoms with Gasteiger partial charge in [0.2, 0.25) is 5.91 Å². The van der Waals surface area contributed by atoms with Crippen LogP contribution in [0.2, 0.25) is 0 Å². The van der Waals surface area contributed by atoms with E-state index in [4.69, 9.17) is 4.98 Å². The number of benzene rings is 2. The fourth-order valence-corrected chi connectivity index (χ4v) is 5.37. The van der Waals surface area contributed by atoms with Crippen LogP contribution in [0, 0.1) is 0 Å². The van der Waals surface area contributed by atoms with Crippen molar-refractivity contribution in [2.24, 2.45) is 0 Å². The van der Waals surface area contributed by atoms with Crippen molar-refractivity contribution in [1.82, 2.24) is 19.9 Å². The van der Waals surface area contributed by atoms with Crippen molar-refractivity contribution in [3.05, 3.63) is 65.0 Å². The molecule has 0 atom stereocenters. The summed E-state index contributed by atoms with van der Waals surface area (Å²) in [4.78, 5) is 34.0. The average molecular weight is 447 g/mol. The molecule has 164 valence electrons. The van der Waals surface area contributed by atoms with Crippen LogP contribution in [0.25, 0.3) is 27.6 Å². The number of hydrogen-bond acceptors (Lipinski definition) is 4. The van der Waals surface area contributed by atoms with Gasteiger partial charge in [0.25, 0.3) is 5.56 Å². The summed E-state index contributed by atoms with van der Waals surface area (Å²) in [6.07, 6.45) is 6.20. The first-order valence-corrected chi connectivity index (χ1v) is 12.2. The van der Waals surface area contributed by atoms with E-state index in [1.807, 2.05) is 54.6 Å². The Morgan fingerprint density at radius 1 is 1.06 bits per heavy atom. The van der Waals surface area contributed by atoms with E-state index in [0.717, 1.165) is 29.4 Å². The Labute approximate surface area is 190 Å². The summed E-state index contributed by atoms with van der Waals surface area (Å²) in [7, 11) is 0. The van der Waals surface area contributed by atoms with E-state index in [1.165, 1.54) is 31.0 Å². The number of carbonyl (C=O) groups excluding carboxylic acids is 1. The van der Waals surface area contributed by atoms with Crippen LogP contribution in [-0.4, -0.2) is 32.2 Å². The number of aromatic amines is 1. The zero-order valence-electron chi connectivity index (χ0n) is 17.8. The fraction of sp³-hybridized carbons (Fsp3) is 0.320. The lowest BCUT2D eigenvalue weighted by atomic mass is 9.95. The van der Waals surface area contributed by atoms with Crippen LogP contribution in [0.1, 0.15) is 38.5 Å². The van der Waals surface area contributed by atoms with Crippen molar-refractivity contribution in [3.63, 3.8) is 0 Å². The summed E-state index contributed by atoms with van der Waals surface area (Å²) >= 11 is 1.45. The Balaban J connectivity index is 1.44. The first kappa shape index (κ1) is 20.8. The summed E-state index contributed by atoms with van der Waals surface area (Å²) in [5.74, 6) is 0.636. The topological polar surface area (TPSA) is 79.8 Å². The average Bonchev–Trinajstić information content (AvgIpc) is 3.20. The van der Waals surface area contributed by atoms with Crippen molar-refractivity contribution in [2.45, 2.75) is 49.7 Å². The van der Waals surface area contributed by atoms with Crippen molar-refractivity contribution in [1.29, 1.82) is 0 Å². The maximum Gasteiger partial charge on any atom is 0.283 e. The van der Waals surface area contributed by atoms with Gasteiger partial charge in [-0.2, -0.15) is 0 Å². The number of thioether (sulfide) groups is 1. The highest BCUT2D eigenvalue weighted by Gasteiger charge is 2.18. The molecule has 0 bridgehead atoms. The molecular weight excluding hydrogens is 420 g/mol. The van der Waals surface area contributed by atoms with Gasteiger partial charge in [-0.25, -0.2) is 4.98 Å². The number of rotatable bonds is 6. The SMILES string of the molecule is O=C(CCSc1nc2c([nH]c3ccccc32)c(=O)n1-c1ccccc1)NC1CCCCC1. The molecule has 1 fully saturated rings. The lowest BCUT2D eigenvalue weighted by Crippen LogP contribution is -2.36. The summed E-state index contributed by atoms with van der Waals surface area (Å²) in [5, 5.41) is 4.69. The van der Waals surface area contributed by atoms with E-state index >= 15 is 0 Å². The third-order valence-electron chi connectivity index (χ3n) is 6.04. The molecule has 7 heteroatoms. The maximum atomic E-state index is 13.5. The van der Waals surface area contributed by atoms with Gasteiger partial charge in [-0.1, -0.05) is 67.4 Å². The summed E-state index contributed by atoms with van der Waals surface area (Å²) in [6.45, 7) is 0. The molecule has 0 spiro atoms. The van der Waals surface area contributed by atoms with Crippen LogP contribution < -0.4 is 10.9 Å². The highest BCUT2D eigenvalue weighted by molar-refractivity contribution is 7.99. The van der Waals surface area contributed by atoms with Crippen molar-refractivity contribution >= 4 is 39.6 Å². The summed E-state index contributed by atoms with van der Waals surface area (Å²) in [5.41, 5.74) is 2.69. The van der Waals surface area contributed by atoms with Crippen molar-refractivity contribution < 1.29 is 4.79 Å². The van der Waals surface area contributed by atoms with Gasteiger partial charge in [-0.15, -0.1) is 0 Å². The van der Waals surface area contributed by atoms with E-state index in [0.29, 0.717) is 34.4 Å². The maximum absolute atomic E-state index is 13.5. The molecule has 0 saturated heterocycles. The number of nitrogens with one attached hydrogen (secondary N) is 2. The Kier molecular flexibility index (Phi) is 5.99. The lowest BCUT2D eigenvalue weighted by Gasteiger charge is -2.22. The Morgan fingerprint density at radius 3 is 2.62 bits per heavy atom. The van der Waals surface area contributed by atoms with E-state index in [-0.39, 0.29) is 11.5 Å². The molecule has 1 amide bonds. The molecular formula is C25H26N4O2S. The Morgan fingerprint density at radius 2 is 1.81 bits per heavy atom. The van der Waals surface area contributed by atoms with Gasteiger partial charge in [0, 0.05) is 29.1 Å². The first-order chi connectivity index (χ1) is 15.7. The molecule has 2 aromatic carbocycles. The molecule has 0 unspecified atom stereocenters. The largest absolute Gasteiger partial charge is 0.353 e. The molecule has 1 saturated carbocycles. The van der Waals surface area contributed by atoms with Gasteiger partial charge in [-0.05, 0) is 31.0 Å². The van der Waals surface area contributed by atoms with Gasteiger partial charge in [0.15, 0.2) is 5.16 Å². The standard InChI is InChI=1S/C25H26N4O2S/c30-21(26-17-9-3-1-4-10-17)15-16-32-25-28-22-19-13-7-8-14-20(19)27-23(22)24(31)29(25)18-11-5-2-6-12-18/h2,5-8,11-14,17,27H,1,3-4,9-10,15-16H2,(H,26,30). The van der Waals surface area contributed by atoms with E-state index < -0.39 is 0 Å². The molecule has 2 heterocycles. The minimum atomic E-state index is -0.133. The van der Waals surface area contributed by atoms with Crippen LogP contribution >= 0.6 is 11.8 Å². The molecule has 0 radical (unpaired) electrons. The zero-order valence-corrected chi connectivity index (χ0v) is 18.7. The number of hydrogen-bond donors (Lipinski definition) is 2. The van der Waals surface area contributed by atoms with Gasteiger partial charge >= 0.3 is 0 Å². The fourth-order valence-electron chi connectivity index (χ4n) is 4.43. The van der Waals surface area contributed by atoms with E-state index in [9.17, 15) is 9.59 Å². The van der Waals surface area contributed by atoms with Crippen molar-refractivity contribution in [3.8, 4) is 5.69 Å². The number of para-hydroxylation sites is 2. The summed E-state index contributed by atoms with van der Waals surface area (Å²) < 4.78 is 1.64. The third-order valence-corrected chi connectivity index (χ3v) is 6.98. The Hall–Kier alpha value is -3.06. The highest BCUT2D eigenvalue weighted by atomic mass is 32.2. The predicted molar refractivity (Wildman–Crippen MR) is 130 cm³/mol. The van der Waals surface area contributed by atoms with Gasteiger partial charge in [0.1, 0.15) is 11.0 Å². The van der Waals surface area contributed by atoms with Crippen LogP contribution in [-0.2, 0) is 4.79 Å². The molecule has 2 N–H and O–H groups in total. The molecule has 5 rings (SSSR count). The Bertz CT molecular complexity index is 1310. The van der Waals surface area contributed by atoms with E-state index in [2.05, 4.69) is 10.3 Å². The van der Waals surface area contributed by atoms with Crippen LogP contribution in [0.3, 0.4) is 0 Å². The number of carbonyl (C=O) groups is 1. The molecule has 6 nitrogen and oxygen atoms in total. The first-order valence-electron chi connectivity index (χ1n) is 11.2. The minimum Gasteiger partial charge on any atom is -0.353 e. The molecule has 1 aliphatic carbocycles. The van der Waals surface area contributed by atoms with Crippen LogP contribution in [0.5, 0.6) is 0 Å². The monoisotopic (exact) mass is 446 g/mol. The second kappa shape index (κ2) is 9.20. The number of amides is 1. The smallest absolute Gasteiger partial charge is 0.283 e. The zero-order chi connectivity index (χ0) is 21.9. The van der Waals surface area contributed by atoms with Crippen molar-refractivity contribution in [2.75, 3.05) is 5.75 Å². The number of aromatic nitrogens is 3. The second-order valence-electron chi connectivity index (χ2n) is 8.27. The number of H-pyrrole nitrogens is 1. The van der Waals surface area contributed by atoms with Gasteiger partial charge in [-0.3, -0.25) is 14.2 Å². The molecule has 0 aliphatic heterocycles. The molecule has 1 aliphatic rings. The number of fused-ring (bicyclic) bond motifs is 3. The lowest BCUT2D eigenvalue weighted by molar-refractivity contribution is -0.121. The highest BCUT2D eigenvalue weighted by Crippen LogP contribution is 2.26. The quantitative estimate of drug-likeness (QED) is 0.329. The van der Waals surface area contributed by atoms with E-state index in [1.54, 1.807) is 4.57 Å². The van der Waals surface area contributed by atoms with Crippen LogP contribution in [0.4, 0.5) is 0 Å².